The Kier molecular flexibility index (Phi) is 3.09. The summed E-state index contributed by atoms with van der Waals surface area (Å²) in [6, 6.07) is 0.358. The van der Waals surface area contributed by atoms with Gasteiger partial charge in [0.2, 0.25) is 0 Å². The molecule has 3 unspecified atom stereocenters. The van der Waals surface area contributed by atoms with Gasteiger partial charge >= 0.3 is 0 Å². The highest BCUT2D eigenvalue weighted by molar-refractivity contribution is 4.82. The predicted molar refractivity (Wildman–Crippen MR) is 46.4 cm³/mol. The lowest BCUT2D eigenvalue weighted by atomic mass is 10.3. The summed E-state index contributed by atoms with van der Waals surface area (Å²) >= 11 is 0. The Hall–Kier alpha value is -0.340. The van der Waals surface area contributed by atoms with E-state index >= 15 is 0 Å². The van der Waals surface area contributed by atoms with Crippen LogP contribution in [0.15, 0.2) is 12.7 Å². The van der Waals surface area contributed by atoms with Gasteiger partial charge in [-0.2, -0.15) is 0 Å². The predicted octanol–water partition coefficient (Wildman–Crippen LogP) is 1.46. The summed E-state index contributed by atoms with van der Waals surface area (Å²) in [5, 5.41) is 0. The van der Waals surface area contributed by atoms with E-state index in [0.717, 1.165) is 19.3 Å². The van der Waals surface area contributed by atoms with Crippen molar-refractivity contribution in [3.8, 4) is 0 Å². The molecule has 0 saturated heterocycles. The fourth-order valence-corrected chi connectivity index (χ4v) is 1.46. The van der Waals surface area contributed by atoms with Crippen molar-refractivity contribution in [1.82, 2.24) is 0 Å². The number of ether oxygens (including phenoxy) is 1. The van der Waals surface area contributed by atoms with Crippen LogP contribution in [0.1, 0.15) is 26.2 Å². The van der Waals surface area contributed by atoms with E-state index in [0.29, 0.717) is 12.1 Å². The van der Waals surface area contributed by atoms with Crippen LogP contribution >= 0.6 is 0 Å². The molecule has 1 aliphatic carbocycles. The molecule has 0 aromatic rings. The monoisotopic (exact) mass is 155 g/mol. The molecule has 0 aliphatic heterocycles. The van der Waals surface area contributed by atoms with Gasteiger partial charge in [0.15, 0.2) is 0 Å². The zero-order valence-electron chi connectivity index (χ0n) is 7.12. The largest absolute Gasteiger partial charge is 0.371 e. The lowest BCUT2D eigenvalue weighted by Crippen LogP contribution is -2.19. The van der Waals surface area contributed by atoms with E-state index in [4.69, 9.17) is 10.5 Å². The first-order valence-corrected chi connectivity index (χ1v) is 4.26. The van der Waals surface area contributed by atoms with Crippen molar-refractivity contribution in [2.24, 2.45) is 5.73 Å². The first kappa shape index (κ1) is 8.75. The minimum atomic E-state index is 0.172. The fourth-order valence-electron chi connectivity index (χ4n) is 1.46. The summed E-state index contributed by atoms with van der Waals surface area (Å²) in [4.78, 5) is 0. The summed E-state index contributed by atoms with van der Waals surface area (Å²) in [5.74, 6) is 0. The van der Waals surface area contributed by atoms with E-state index < -0.39 is 0 Å². The normalized spacial score (nSPS) is 33.6. The van der Waals surface area contributed by atoms with Crippen LogP contribution in [0.2, 0.25) is 0 Å². The summed E-state index contributed by atoms with van der Waals surface area (Å²) < 4.78 is 5.63. The molecule has 1 aliphatic rings. The minimum absolute atomic E-state index is 0.172. The molecule has 11 heavy (non-hydrogen) atoms. The molecule has 2 N–H and O–H groups in total. The van der Waals surface area contributed by atoms with Gasteiger partial charge in [-0.05, 0) is 26.2 Å². The highest BCUT2D eigenvalue weighted by Crippen LogP contribution is 2.21. The van der Waals surface area contributed by atoms with Gasteiger partial charge in [0.1, 0.15) is 0 Å². The van der Waals surface area contributed by atoms with Crippen LogP contribution in [0.25, 0.3) is 0 Å². The fraction of sp³-hybridized carbons (Fsp3) is 0.778. The van der Waals surface area contributed by atoms with Crippen LogP contribution in [-0.4, -0.2) is 18.2 Å². The van der Waals surface area contributed by atoms with Crippen LogP contribution < -0.4 is 5.73 Å². The number of hydrogen-bond donors (Lipinski definition) is 1. The van der Waals surface area contributed by atoms with Crippen LogP contribution in [0.3, 0.4) is 0 Å². The Morgan fingerprint density at radius 1 is 1.64 bits per heavy atom. The molecular formula is C9H17NO. The SMILES string of the molecule is C=CC(C)OC1CCC(N)C1. The molecule has 0 bridgehead atoms. The van der Waals surface area contributed by atoms with E-state index in [2.05, 4.69) is 6.58 Å². The molecule has 1 saturated carbocycles. The van der Waals surface area contributed by atoms with Crippen molar-refractivity contribution in [2.45, 2.75) is 44.4 Å². The topological polar surface area (TPSA) is 35.2 Å². The highest BCUT2D eigenvalue weighted by Gasteiger charge is 2.22. The van der Waals surface area contributed by atoms with Crippen LogP contribution in [0.4, 0.5) is 0 Å². The first-order chi connectivity index (χ1) is 5.22. The van der Waals surface area contributed by atoms with Gasteiger partial charge in [-0.25, -0.2) is 0 Å². The Morgan fingerprint density at radius 3 is 2.82 bits per heavy atom. The van der Waals surface area contributed by atoms with Gasteiger partial charge in [-0.3, -0.25) is 0 Å². The zero-order chi connectivity index (χ0) is 8.27. The second kappa shape index (κ2) is 3.88. The van der Waals surface area contributed by atoms with Crippen LogP contribution in [0.5, 0.6) is 0 Å². The molecule has 1 fully saturated rings. The molecule has 1 rings (SSSR count). The average molecular weight is 155 g/mol. The van der Waals surface area contributed by atoms with Crippen molar-refractivity contribution in [3.05, 3.63) is 12.7 Å². The molecule has 0 radical (unpaired) electrons. The van der Waals surface area contributed by atoms with Gasteiger partial charge in [0, 0.05) is 6.04 Å². The van der Waals surface area contributed by atoms with Gasteiger partial charge in [0.25, 0.3) is 0 Å². The van der Waals surface area contributed by atoms with Crippen LogP contribution in [-0.2, 0) is 4.74 Å². The Balaban J connectivity index is 2.22. The van der Waals surface area contributed by atoms with E-state index in [-0.39, 0.29) is 6.10 Å². The van der Waals surface area contributed by atoms with Gasteiger partial charge in [0.05, 0.1) is 12.2 Å². The van der Waals surface area contributed by atoms with E-state index in [1.54, 1.807) is 0 Å². The maximum atomic E-state index is 5.74. The van der Waals surface area contributed by atoms with Gasteiger partial charge in [-0.1, -0.05) is 6.08 Å². The molecule has 0 aromatic heterocycles. The van der Waals surface area contributed by atoms with Crippen molar-refractivity contribution in [2.75, 3.05) is 0 Å². The number of rotatable bonds is 3. The van der Waals surface area contributed by atoms with E-state index in [1.165, 1.54) is 0 Å². The molecule has 2 nitrogen and oxygen atoms in total. The number of hydrogen-bond acceptors (Lipinski definition) is 2. The zero-order valence-corrected chi connectivity index (χ0v) is 7.12. The lowest BCUT2D eigenvalue weighted by Gasteiger charge is -2.14. The minimum Gasteiger partial charge on any atom is -0.371 e. The summed E-state index contributed by atoms with van der Waals surface area (Å²) in [6.45, 7) is 5.68. The summed E-state index contributed by atoms with van der Waals surface area (Å²) in [7, 11) is 0. The molecule has 0 aromatic carbocycles. The second-order valence-corrected chi connectivity index (χ2v) is 3.27. The molecule has 3 atom stereocenters. The molecule has 0 spiro atoms. The third kappa shape index (κ3) is 2.64. The molecular weight excluding hydrogens is 138 g/mol. The summed E-state index contributed by atoms with van der Waals surface area (Å²) in [6.07, 6.45) is 5.60. The van der Waals surface area contributed by atoms with E-state index in [1.807, 2.05) is 13.0 Å². The van der Waals surface area contributed by atoms with E-state index in [9.17, 15) is 0 Å². The first-order valence-electron chi connectivity index (χ1n) is 4.26. The van der Waals surface area contributed by atoms with Gasteiger partial charge < -0.3 is 10.5 Å². The highest BCUT2D eigenvalue weighted by atomic mass is 16.5. The van der Waals surface area contributed by atoms with Gasteiger partial charge in [-0.15, -0.1) is 6.58 Å². The Bertz CT molecular complexity index is 136. The number of nitrogens with two attached hydrogens (primary N) is 1. The third-order valence-electron chi connectivity index (χ3n) is 2.16. The molecule has 0 heterocycles. The molecule has 64 valence electrons. The van der Waals surface area contributed by atoms with Crippen molar-refractivity contribution in [3.63, 3.8) is 0 Å². The average Bonchev–Trinajstić information content (AvgIpc) is 2.35. The van der Waals surface area contributed by atoms with Crippen molar-refractivity contribution >= 4 is 0 Å². The quantitative estimate of drug-likeness (QED) is 0.626. The molecule has 0 amide bonds. The standard InChI is InChI=1S/C9H17NO/c1-3-7(2)11-9-5-4-8(10)6-9/h3,7-9H,1,4-6,10H2,2H3. The summed E-state index contributed by atoms with van der Waals surface area (Å²) in [5.41, 5.74) is 5.74. The van der Waals surface area contributed by atoms with Crippen molar-refractivity contribution in [1.29, 1.82) is 0 Å². The maximum Gasteiger partial charge on any atom is 0.0728 e. The van der Waals surface area contributed by atoms with Crippen molar-refractivity contribution < 1.29 is 4.74 Å². The smallest absolute Gasteiger partial charge is 0.0728 e. The lowest BCUT2D eigenvalue weighted by molar-refractivity contribution is 0.0270. The maximum absolute atomic E-state index is 5.74. The Labute approximate surface area is 68.4 Å². The molecule has 2 heteroatoms. The third-order valence-corrected chi connectivity index (χ3v) is 2.16. The second-order valence-electron chi connectivity index (χ2n) is 3.27. The Morgan fingerprint density at radius 2 is 2.36 bits per heavy atom. The van der Waals surface area contributed by atoms with Crippen LogP contribution in [0, 0.1) is 0 Å².